The van der Waals surface area contributed by atoms with Crippen molar-refractivity contribution in [2.45, 2.75) is 12.6 Å². The summed E-state index contributed by atoms with van der Waals surface area (Å²) in [6, 6.07) is 13.3. The summed E-state index contributed by atoms with van der Waals surface area (Å²) < 4.78 is 53.9. The summed E-state index contributed by atoms with van der Waals surface area (Å²) in [5, 5.41) is 0. The van der Waals surface area contributed by atoms with Crippen molar-refractivity contribution in [3.05, 3.63) is 65.5 Å². The fourth-order valence-electron chi connectivity index (χ4n) is 4.17. The van der Waals surface area contributed by atoms with Crippen LogP contribution in [0.2, 0.25) is 0 Å². The highest BCUT2D eigenvalue weighted by Gasteiger charge is 2.48. The molecule has 4 rings (SSSR count). The molecule has 2 heterocycles. The molecule has 0 atom stereocenters. The highest BCUT2D eigenvalue weighted by molar-refractivity contribution is 7.89. The normalized spacial score (nSPS) is 19.3. The van der Waals surface area contributed by atoms with Gasteiger partial charge in [-0.3, -0.25) is 4.90 Å². The molecule has 2 aromatic rings. The third-order valence-corrected chi connectivity index (χ3v) is 8.25. The Morgan fingerprint density at radius 1 is 1.19 bits per heavy atom. The first-order valence-corrected chi connectivity index (χ1v) is 11.9. The number of para-hydroxylation sites is 1. The largest absolute Gasteiger partial charge is 0.465 e. The Hall–Kier alpha value is -2.37. The van der Waals surface area contributed by atoms with Gasteiger partial charge in [0.05, 0.1) is 31.9 Å². The summed E-state index contributed by atoms with van der Waals surface area (Å²) in [5.41, 5.74) is 0.893. The van der Waals surface area contributed by atoms with Crippen molar-refractivity contribution in [2.24, 2.45) is 0 Å². The summed E-state index contributed by atoms with van der Waals surface area (Å²) in [6.07, 6.45) is 0. The van der Waals surface area contributed by atoms with Gasteiger partial charge < -0.3 is 9.47 Å². The number of piperazine rings is 1. The van der Waals surface area contributed by atoms with Gasteiger partial charge >= 0.3 is 16.2 Å². The molecular weight excluding hydrogens is 437 g/mol. The molecule has 1 N–H and O–H groups in total. The second-order valence-corrected chi connectivity index (χ2v) is 9.93. The molecule has 2 aromatic carbocycles. The fourth-order valence-corrected chi connectivity index (χ4v) is 5.80. The van der Waals surface area contributed by atoms with Crippen LogP contribution in [0.1, 0.15) is 15.9 Å². The predicted molar refractivity (Wildman–Crippen MR) is 118 cm³/mol. The molecule has 32 heavy (non-hydrogen) atoms. The van der Waals surface area contributed by atoms with Crippen molar-refractivity contribution in [1.29, 1.82) is 0 Å². The number of hydrogen-bond donors (Lipinski definition) is 1. The van der Waals surface area contributed by atoms with E-state index in [0.29, 0.717) is 51.1 Å². The van der Waals surface area contributed by atoms with Crippen LogP contribution < -0.4 is 8.61 Å². The number of rotatable bonds is 7. The lowest BCUT2D eigenvalue weighted by molar-refractivity contribution is -0.0718. The Balaban J connectivity index is 1.55. The maximum Gasteiger partial charge on any atom is 0.375 e. The molecule has 2 saturated heterocycles. The maximum atomic E-state index is 14.5. The van der Waals surface area contributed by atoms with Crippen LogP contribution in [-0.4, -0.2) is 71.8 Å². The lowest BCUT2D eigenvalue weighted by atomic mass is 10.1. The minimum Gasteiger partial charge on any atom is -0.465 e. The second kappa shape index (κ2) is 9.24. The van der Waals surface area contributed by atoms with Gasteiger partial charge in [-0.1, -0.05) is 24.3 Å². The molecule has 10 heteroatoms. The Bertz CT molecular complexity index is 1070. The van der Waals surface area contributed by atoms with Crippen LogP contribution in [0.15, 0.2) is 48.5 Å². The lowest BCUT2D eigenvalue weighted by Crippen LogP contribution is -2.68. The van der Waals surface area contributed by atoms with Crippen molar-refractivity contribution in [2.75, 3.05) is 46.5 Å². The maximum absolute atomic E-state index is 14.5. The number of carbonyl (C=O) groups is 1. The zero-order valence-corrected chi connectivity index (χ0v) is 18.7. The molecule has 0 spiro atoms. The van der Waals surface area contributed by atoms with Crippen LogP contribution in [0.25, 0.3) is 0 Å². The van der Waals surface area contributed by atoms with Gasteiger partial charge in [0.2, 0.25) is 0 Å². The number of nitrogens with one attached hydrogen (secondary N) is 1. The van der Waals surface area contributed by atoms with Crippen molar-refractivity contribution in [1.82, 2.24) is 13.5 Å². The van der Waals surface area contributed by atoms with E-state index in [0.717, 1.165) is 6.07 Å². The SMILES string of the molecule is COC(=O)c1ccc(CNS(=O)(=O)[N+]2(c3ccccc3)CCN(C3COC3)CC2)c(F)c1. The molecular formula is C22H27FN3O5S+. The van der Waals surface area contributed by atoms with Crippen LogP contribution >= 0.6 is 0 Å². The topological polar surface area (TPSA) is 84.9 Å². The van der Waals surface area contributed by atoms with E-state index in [9.17, 15) is 17.6 Å². The molecule has 172 valence electrons. The molecule has 0 aromatic heterocycles. The zero-order valence-electron chi connectivity index (χ0n) is 17.9. The minimum atomic E-state index is -3.91. The number of nitrogens with zero attached hydrogens (tertiary/aromatic N) is 2. The van der Waals surface area contributed by atoms with Crippen LogP contribution in [0.3, 0.4) is 0 Å². The summed E-state index contributed by atoms with van der Waals surface area (Å²) >= 11 is 0. The summed E-state index contributed by atoms with van der Waals surface area (Å²) in [7, 11) is -2.70. The Morgan fingerprint density at radius 2 is 1.88 bits per heavy atom. The quantitative estimate of drug-likeness (QED) is 0.496. The highest BCUT2D eigenvalue weighted by atomic mass is 32.2. The van der Waals surface area contributed by atoms with E-state index in [1.54, 1.807) is 0 Å². The number of methoxy groups -OCH3 is 1. The summed E-state index contributed by atoms with van der Waals surface area (Å²) in [4.78, 5) is 13.9. The van der Waals surface area contributed by atoms with Gasteiger partial charge in [-0.25, -0.2) is 9.18 Å². The lowest BCUT2D eigenvalue weighted by Gasteiger charge is -2.46. The first kappa shape index (κ1) is 22.8. The number of quaternary nitrogens is 1. The number of halogens is 1. The molecule has 0 unspecified atom stereocenters. The van der Waals surface area contributed by atoms with Crippen LogP contribution in [0, 0.1) is 5.82 Å². The van der Waals surface area contributed by atoms with E-state index in [1.165, 1.54) is 19.2 Å². The molecule has 0 saturated carbocycles. The molecule has 0 aliphatic carbocycles. The number of ether oxygens (including phenoxy) is 2. The van der Waals surface area contributed by atoms with Gasteiger partial charge in [-0.15, -0.1) is 0 Å². The van der Waals surface area contributed by atoms with Gasteiger partial charge in [0, 0.05) is 37.3 Å². The monoisotopic (exact) mass is 464 g/mol. The van der Waals surface area contributed by atoms with Gasteiger partial charge in [-0.05, 0) is 12.1 Å². The first-order chi connectivity index (χ1) is 15.4. The van der Waals surface area contributed by atoms with E-state index in [4.69, 9.17) is 4.74 Å². The fraction of sp³-hybridized carbons (Fsp3) is 0.409. The van der Waals surface area contributed by atoms with E-state index in [-0.39, 0.29) is 21.6 Å². The van der Waals surface area contributed by atoms with Gasteiger partial charge in [0.1, 0.15) is 24.6 Å². The predicted octanol–water partition coefficient (Wildman–Crippen LogP) is 1.67. The third-order valence-electron chi connectivity index (χ3n) is 6.24. The number of carbonyl (C=O) groups excluding carboxylic acids is 1. The average Bonchev–Trinajstić information content (AvgIpc) is 2.77. The molecule has 2 aliphatic rings. The molecule has 0 amide bonds. The summed E-state index contributed by atoms with van der Waals surface area (Å²) in [5.74, 6) is -1.32. The average molecular weight is 465 g/mol. The number of esters is 1. The smallest absolute Gasteiger partial charge is 0.375 e. The van der Waals surface area contributed by atoms with Gasteiger partial charge in [0.15, 0.2) is 0 Å². The van der Waals surface area contributed by atoms with Crippen molar-refractivity contribution >= 4 is 21.9 Å². The van der Waals surface area contributed by atoms with Crippen molar-refractivity contribution in [3.63, 3.8) is 0 Å². The van der Waals surface area contributed by atoms with E-state index in [2.05, 4.69) is 14.4 Å². The van der Waals surface area contributed by atoms with Crippen molar-refractivity contribution < 1.29 is 27.1 Å². The Morgan fingerprint density at radius 3 is 2.44 bits per heavy atom. The Kier molecular flexibility index (Phi) is 6.59. The number of benzene rings is 2. The van der Waals surface area contributed by atoms with E-state index >= 15 is 0 Å². The van der Waals surface area contributed by atoms with Crippen LogP contribution in [0.4, 0.5) is 10.1 Å². The van der Waals surface area contributed by atoms with E-state index < -0.39 is 22.0 Å². The van der Waals surface area contributed by atoms with Gasteiger partial charge in [0.25, 0.3) is 0 Å². The zero-order chi connectivity index (χ0) is 22.8. The molecule has 8 nitrogen and oxygen atoms in total. The molecule has 2 aliphatic heterocycles. The molecule has 2 fully saturated rings. The van der Waals surface area contributed by atoms with Crippen molar-refractivity contribution in [3.8, 4) is 0 Å². The highest BCUT2D eigenvalue weighted by Crippen LogP contribution is 2.30. The third kappa shape index (κ3) is 4.28. The standard InChI is InChI=1S/C22H27FN3O5S/c1-30-22(27)17-7-8-18(21(23)13-17)14-24-32(28,29)26(20-5-3-2-4-6-20)11-9-25(10-12-26)19-15-31-16-19/h2-8,13,19,24H,9-12,14-16H2,1H3/q+1. The van der Waals surface area contributed by atoms with E-state index in [1.807, 2.05) is 30.3 Å². The van der Waals surface area contributed by atoms with Gasteiger partial charge in [-0.2, -0.15) is 17.0 Å². The second-order valence-electron chi connectivity index (χ2n) is 7.99. The minimum absolute atomic E-state index is 0.0699. The summed E-state index contributed by atoms with van der Waals surface area (Å²) in [6.45, 7) is 3.12. The van der Waals surface area contributed by atoms with Crippen LogP contribution in [-0.2, 0) is 26.2 Å². The number of hydrogen-bond acceptors (Lipinski definition) is 6. The van der Waals surface area contributed by atoms with Crippen LogP contribution in [0.5, 0.6) is 0 Å². The Labute approximate surface area is 187 Å². The first-order valence-electron chi connectivity index (χ1n) is 10.5. The molecule has 0 radical (unpaired) electrons. The molecule has 0 bridgehead atoms.